The zero-order valence-electron chi connectivity index (χ0n) is 67.4. The van der Waals surface area contributed by atoms with Gasteiger partial charge in [0, 0.05) is 120 Å². The number of ketones is 1. The SMILES string of the molecule is COc1cc(C(C)(C)C)ccc1NCC#Cc1cc2c(NC3CCOCC3)cc(F)cc2n1CC(F)(F)F.COc1cc(C(C)(C)C)ncc1NCC#Cc1cc2c(NC3CCN(CC(O)CO)CC3)cc(F)cc2n1CC(F)(F)F.COc1cc(C(C)=O)ccc1NCC#Cc1cc2c(NC3CCOCC3)cc(F)cc2n1CC(F)(F)F. The number of piperidine rings is 1. The Balaban J connectivity index is 0.000000187. The molecule has 12 rings (SSSR count). The van der Waals surface area contributed by atoms with Gasteiger partial charge in [0.25, 0.3) is 0 Å². The first-order chi connectivity index (χ1) is 55.9. The Labute approximate surface area is 677 Å². The van der Waals surface area contributed by atoms with Crippen molar-refractivity contribution in [2.45, 2.75) is 160 Å². The molecule has 0 aliphatic carbocycles. The molecule has 3 fully saturated rings. The highest BCUT2D eigenvalue weighted by molar-refractivity contribution is 5.97. The number of nitrogens with zero attached hydrogens (tertiary/aromatic N) is 5. The van der Waals surface area contributed by atoms with E-state index in [9.17, 15) is 62.6 Å². The lowest BCUT2D eigenvalue weighted by Gasteiger charge is -2.33. The molecule has 5 aromatic carbocycles. The van der Waals surface area contributed by atoms with Gasteiger partial charge < -0.3 is 84.4 Å². The van der Waals surface area contributed by atoms with Crippen molar-refractivity contribution in [1.29, 1.82) is 0 Å². The van der Waals surface area contributed by atoms with E-state index in [1.807, 2.05) is 49.9 Å². The number of hydrogen-bond acceptors (Lipinski definition) is 16. The molecule has 634 valence electrons. The molecule has 0 amide bonds. The van der Waals surface area contributed by atoms with Crippen LogP contribution in [0.5, 0.6) is 17.2 Å². The van der Waals surface area contributed by atoms with Crippen molar-refractivity contribution in [1.82, 2.24) is 23.6 Å². The Kier molecular flexibility index (Phi) is 29.9. The first kappa shape index (κ1) is 89.7. The number of aliphatic hydroxyl groups excluding tert-OH is 2. The molecule has 0 spiro atoms. The Hall–Kier alpha value is -10.6. The number of anilines is 6. The van der Waals surface area contributed by atoms with Gasteiger partial charge in [-0.1, -0.05) is 65.4 Å². The molecule has 7 heterocycles. The minimum atomic E-state index is -4.54. The number of β-amino-alcohol motifs (C(OH)–C–C–N with tert-alkyl or cyclic N) is 1. The van der Waals surface area contributed by atoms with E-state index in [1.54, 1.807) is 56.8 Å². The highest BCUT2D eigenvalue weighted by atomic mass is 19.4. The van der Waals surface area contributed by atoms with E-state index in [1.165, 1.54) is 32.2 Å². The van der Waals surface area contributed by atoms with Crippen LogP contribution in [0.15, 0.2) is 103 Å². The summed E-state index contributed by atoms with van der Waals surface area (Å²) in [4.78, 5) is 18.1. The molecule has 1 atom stereocenters. The van der Waals surface area contributed by atoms with Crippen molar-refractivity contribution in [3.05, 3.63) is 155 Å². The van der Waals surface area contributed by atoms with Crippen molar-refractivity contribution in [2.75, 3.05) is 126 Å². The molecular formula is C87H99F12N11O8. The number of ether oxygens (including phenoxy) is 5. The smallest absolute Gasteiger partial charge is 0.406 e. The summed E-state index contributed by atoms with van der Waals surface area (Å²) >= 11 is 0. The normalized spacial score (nSPS) is 14.9. The molecule has 9 aromatic rings. The number of Topliss-reactive ketones (excluding diaryl/α,β-unsaturated/α-hetero) is 1. The summed E-state index contributed by atoms with van der Waals surface area (Å²) in [5.41, 5.74) is 6.20. The van der Waals surface area contributed by atoms with Crippen LogP contribution in [0.4, 0.5) is 86.8 Å². The van der Waals surface area contributed by atoms with Gasteiger partial charge in [0.1, 0.15) is 54.3 Å². The highest BCUT2D eigenvalue weighted by Crippen LogP contribution is 2.39. The van der Waals surface area contributed by atoms with Crippen LogP contribution in [0, 0.1) is 53.0 Å². The van der Waals surface area contributed by atoms with E-state index in [2.05, 4.69) is 93.2 Å². The average molecular weight is 1650 g/mol. The van der Waals surface area contributed by atoms with Gasteiger partial charge in [-0.15, -0.1) is 0 Å². The minimum absolute atomic E-state index is 0.0350. The van der Waals surface area contributed by atoms with Crippen molar-refractivity contribution in [3.8, 4) is 52.8 Å². The van der Waals surface area contributed by atoms with Crippen LogP contribution in [0.1, 0.15) is 126 Å². The number of nitrogens with one attached hydrogen (secondary N) is 6. The molecule has 19 nitrogen and oxygen atoms in total. The van der Waals surface area contributed by atoms with Gasteiger partial charge in [0.15, 0.2) is 5.78 Å². The summed E-state index contributed by atoms with van der Waals surface area (Å²) in [5, 5.41) is 39.4. The maximum Gasteiger partial charge on any atom is 0.406 e. The summed E-state index contributed by atoms with van der Waals surface area (Å²) in [6.07, 6.45) is -8.45. The predicted octanol–water partition coefficient (Wildman–Crippen LogP) is 17.0. The Morgan fingerprint density at radius 3 is 1.24 bits per heavy atom. The number of carbonyl (C=O) groups is 1. The standard InChI is InChI=1S/C31H39F4N5O3.C29H33F4N3O2.C27H27F4N3O3/c1-30(2,3)29-15-28(43-4)26(16-37-29)36-9-5-6-22-14-24-25(12-20(32)13-27(24)40(22)19-31(33,34)35)38-21-7-10-39(11-8-21)17-23(42)18-41;1-28(2,3)19-7-8-24(27(14-19)37-4)34-11-5-6-22-17-23-25(35-21-9-12-38-13-10-21)15-20(30)16-26(23)36(22)18-29(31,32)33;1-17(35)18-5-6-23(26(12-18)36-2)32-9-3-4-21-15-22-24(33-20-7-10-37-11-8-20)13-19(28)14-25(22)34(21)16-27(29,30)31/h12-16,21,23,36,38,41-42H,7-11,17-19H2,1-4H3;7-8,14-17,21,34-35H,9-13,18H2,1-4H3;5-6,12-15,20,32-33H,7-11,16H2,1-2H3. The van der Waals surface area contributed by atoms with E-state index in [-0.39, 0.29) is 94.6 Å². The number of fused-ring (bicyclic) bond motifs is 3. The third kappa shape index (κ3) is 25.0. The average Bonchev–Trinajstić information content (AvgIpc) is 1.63. The molecule has 3 aliphatic heterocycles. The maximum absolute atomic E-state index is 14.7. The van der Waals surface area contributed by atoms with E-state index >= 15 is 0 Å². The molecule has 0 bridgehead atoms. The second-order valence-electron chi connectivity index (χ2n) is 31.1. The van der Waals surface area contributed by atoms with Gasteiger partial charge >= 0.3 is 18.5 Å². The summed E-state index contributed by atoms with van der Waals surface area (Å²) in [6.45, 7) is 14.1. The van der Waals surface area contributed by atoms with Gasteiger partial charge in [-0.25, -0.2) is 13.2 Å². The van der Waals surface area contributed by atoms with Crippen LogP contribution in [-0.2, 0) is 39.9 Å². The Morgan fingerprint density at radius 2 is 0.873 bits per heavy atom. The van der Waals surface area contributed by atoms with Crippen LogP contribution < -0.4 is 46.1 Å². The molecule has 3 saturated heterocycles. The number of methoxy groups -OCH3 is 3. The monoisotopic (exact) mass is 1650 g/mol. The molecule has 3 aliphatic rings. The Bertz CT molecular complexity index is 5160. The fourth-order valence-corrected chi connectivity index (χ4v) is 14.0. The number of aromatic nitrogens is 4. The molecule has 4 aromatic heterocycles. The van der Waals surface area contributed by atoms with E-state index in [0.29, 0.717) is 126 Å². The van der Waals surface area contributed by atoms with Crippen LogP contribution in [0.25, 0.3) is 32.7 Å². The van der Waals surface area contributed by atoms with Crippen LogP contribution in [-0.4, -0.2) is 176 Å². The predicted molar refractivity (Wildman–Crippen MR) is 435 cm³/mol. The zero-order chi connectivity index (χ0) is 85.4. The highest BCUT2D eigenvalue weighted by Gasteiger charge is 2.34. The van der Waals surface area contributed by atoms with E-state index in [0.717, 1.165) is 74.5 Å². The molecular weight excluding hydrogens is 1560 g/mol. The number of rotatable bonds is 22. The fraction of sp³-hybridized carbons (Fsp3) is 0.448. The van der Waals surface area contributed by atoms with Crippen LogP contribution in [0.2, 0.25) is 0 Å². The second kappa shape index (κ2) is 39.3. The van der Waals surface area contributed by atoms with Crippen LogP contribution in [0.3, 0.4) is 0 Å². The zero-order valence-corrected chi connectivity index (χ0v) is 67.4. The van der Waals surface area contributed by atoms with Gasteiger partial charge in [-0.3, -0.25) is 9.78 Å². The molecule has 8 N–H and O–H groups in total. The number of halogens is 12. The van der Waals surface area contributed by atoms with Gasteiger partial charge in [0.05, 0.1) is 111 Å². The maximum atomic E-state index is 14.7. The summed E-state index contributed by atoms with van der Waals surface area (Å²) in [5.74, 6) is 16.8. The molecule has 1 unspecified atom stereocenters. The quantitative estimate of drug-likeness (QED) is 0.0180. The number of benzene rings is 5. The van der Waals surface area contributed by atoms with Crippen molar-refractivity contribution in [2.24, 2.45) is 0 Å². The topological polar surface area (TPSA) is 207 Å². The first-order valence-electron chi connectivity index (χ1n) is 38.6. The fourth-order valence-electron chi connectivity index (χ4n) is 14.0. The lowest BCUT2D eigenvalue weighted by molar-refractivity contribution is -0.140. The second-order valence-corrected chi connectivity index (χ2v) is 31.1. The Morgan fingerprint density at radius 1 is 0.500 bits per heavy atom. The number of pyridine rings is 1. The number of carbonyl (C=O) groups excluding carboxylic acids is 1. The van der Waals surface area contributed by atoms with Gasteiger partial charge in [-0.05, 0) is 159 Å². The van der Waals surface area contributed by atoms with Crippen molar-refractivity contribution in [3.63, 3.8) is 0 Å². The van der Waals surface area contributed by atoms with Crippen molar-refractivity contribution >= 4 is 72.6 Å². The van der Waals surface area contributed by atoms with E-state index in [4.69, 9.17) is 28.8 Å². The number of hydrogen-bond donors (Lipinski definition) is 8. The van der Waals surface area contributed by atoms with Crippen molar-refractivity contribution < 1.29 is 91.4 Å². The number of likely N-dealkylation sites (tertiary alicyclic amines) is 1. The molecule has 31 heteroatoms. The first-order valence-corrected chi connectivity index (χ1v) is 38.6. The number of aliphatic hydroxyl groups is 2. The minimum Gasteiger partial charge on any atom is -0.495 e. The summed E-state index contributed by atoms with van der Waals surface area (Å²) in [7, 11) is 4.60. The molecule has 118 heavy (non-hydrogen) atoms. The largest absolute Gasteiger partial charge is 0.495 e. The van der Waals surface area contributed by atoms with Gasteiger partial charge in [-0.2, -0.15) is 39.5 Å². The molecule has 0 radical (unpaired) electrons. The number of alkyl halides is 9. The van der Waals surface area contributed by atoms with Crippen LogP contribution >= 0.6 is 0 Å². The third-order valence-corrected chi connectivity index (χ3v) is 20.0. The van der Waals surface area contributed by atoms with E-state index < -0.39 is 61.7 Å². The summed E-state index contributed by atoms with van der Waals surface area (Å²) < 4.78 is 195. The lowest BCUT2D eigenvalue weighted by Crippen LogP contribution is -2.43. The summed E-state index contributed by atoms with van der Waals surface area (Å²) in [6, 6.07) is 24.6. The third-order valence-electron chi connectivity index (χ3n) is 20.0. The van der Waals surface area contributed by atoms with Gasteiger partial charge in [0.2, 0.25) is 0 Å². The lowest BCUT2D eigenvalue weighted by atomic mass is 9.87. The molecule has 0 saturated carbocycles.